The van der Waals surface area contributed by atoms with Gasteiger partial charge in [0.15, 0.2) is 17.0 Å². The Morgan fingerprint density at radius 2 is 1.74 bits per heavy atom. The van der Waals surface area contributed by atoms with Gasteiger partial charge in [-0.15, -0.1) is 0 Å². The van der Waals surface area contributed by atoms with Gasteiger partial charge in [0.1, 0.15) is 5.82 Å². The zero-order chi connectivity index (χ0) is 15.8. The van der Waals surface area contributed by atoms with Gasteiger partial charge in [-0.25, -0.2) is 14.4 Å². The quantitative estimate of drug-likeness (QED) is 0.783. The standard InChI is InChI=1S/C16H15FN6/c17-11-5-3-10(4-6-11)12-9-19-14-13(20-12)15(22-16(18)21-14)23-7-1-2-8-23/h3-6,9H,1-2,7-8H2,(H2,18,19,21,22). The lowest BCUT2D eigenvalue weighted by Gasteiger charge is -2.17. The van der Waals surface area contributed by atoms with Crippen LogP contribution in [-0.2, 0) is 0 Å². The molecule has 1 saturated heterocycles. The van der Waals surface area contributed by atoms with Gasteiger partial charge in [-0.2, -0.15) is 9.97 Å². The van der Waals surface area contributed by atoms with Crippen molar-refractivity contribution in [2.45, 2.75) is 12.8 Å². The van der Waals surface area contributed by atoms with Crippen molar-refractivity contribution in [2.75, 3.05) is 23.7 Å². The number of nitrogens with zero attached hydrogens (tertiary/aromatic N) is 5. The number of benzene rings is 1. The maximum atomic E-state index is 13.1. The summed E-state index contributed by atoms with van der Waals surface area (Å²) in [5, 5.41) is 0. The van der Waals surface area contributed by atoms with Crippen LogP contribution >= 0.6 is 0 Å². The number of nitrogens with two attached hydrogens (primary N) is 1. The Kier molecular flexibility index (Phi) is 3.25. The Morgan fingerprint density at radius 3 is 2.48 bits per heavy atom. The third-order valence-electron chi connectivity index (χ3n) is 3.95. The number of hydrogen-bond acceptors (Lipinski definition) is 6. The van der Waals surface area contributed by atoms with Crippen molar-refractivity contribution in [2.24, 2.45) is 0 Å². The number of nitrogen functional groups attached to an aromatic ring is 1. The van der Waals surface area contributed by atoms with E-state index in [1.54, 1.807) is 18.3 Å². The van der Waals surface area contributed by atoms with E-state index in [9.17, 15) is 4.39 Å². The summed E-state index contributed by atoms with van der Waals surface area (Å²) in [5.74, 6) is 0.640. The third kappa shape index (κ3) is 2.54. The molecule has 0 amide bonds. The van der Waals surface area contributed by atoms with E-state index in [0.29, 0.717) is 16.9 Å². The summed E-state index contributed by atoms with van der Waals surface area (Å²) in [6.07, 6.45) is 3.86. The third-order valence-corrected chi connectivity index (χ3v) is 3.95. The van der Waals surface area contributed by atoms with Crippen LogP contribution in [0.1, 0.15) is 12.8 Å². The molecule has 1 fully saturated rings. The number of rotatable bonds is 2. The highest BCUT2D eigenvalue weighted by Crippen LogP contribution is 2.27. The minimum absolute atomic E-state index is 0.197. The van der Waals surface area contributed by atoms with Crippen LogP contribution in [0.5, 0.6) is 0 Å². The monoisotopic (exact) mass is 310 g/mol. The molecule has 1 aliphatic rings. The van der Waals surface area contributed by atoms with Crippen molar-refractivity contribution in [3.8, 4) is 11.3 Å². The second kappa shape index (κ2) is 5.42. The van der Waals surface area contributed by atoms with E-state index in [1.807, 2.05) is 0 Å². The molecule has 23 heavy (non-hydrogen) atoms. The predicted molar refractivity (Wildman–Crippen MR) is 86.4 cm³/mol. The predicted octanol–water partition coefficient (Wildman–Crippen LogP) is 2.41. The summed E-state index contributed by atoms with van der Waals surface area (Å²) >= 11 is 0. The molecule has 7 heteroatoms. The first-order valence-corrected chi connectivity index (χ1v) is 7.52. The van der Waals surface area contributed by atoms with Crippen molar-refractivity contribution < 1.29 is 4.39 Å². The van der Waals surface area contributed by atoms with Gasteiger partial charge in [-0.3, -0.25) is 0 Å². The zero-order valence-corrected chi connectivity index (χ0v) is 12.4. The highest BCUT2D eigenvalue weighted by Gasteiger charge is 2.19. The normalized spacial score (nSPS) is 14.6. The highest BCUT2D eigenvalue weighted by molar-refractivity contribution is 5.85. The van der Waals surface area contributed by atoms with E-state index in [2.05, 4.69) is 24.8 Å². The topological polar surface area (TPSA) is 80.8 Å². The molecule has 1 aliphatic heterocycles. The fourth-order valence-corrected chi connectivity index (χ4v) is 2.82. The number of fused-ring (bicyclic) bond motifs is 1. The van der Waals surface area contributed by atoms with Gasteiger partial charge in [-0.1, -0.05) is 0 Å². The fraction of sp³-hybridized carbons (Fsp3) is 0.250. The van der Waals surface area contributed by atoms with Gasteiger partial charge < -0.3 is 10.6 Å². The first-order valence-electron chi connectivity index (χ1n) is 7.52. The fourth-order valence-electron chi connectivity index (χ4n) is 2.82. The average Bonchev–Trinajstić information content (AvgIpc) is 3.09. The Bertz CT molecular complexity index is 858. The van der Waals surface area contributed by atoms with Crippen molar-refractivity contribution in [3.63, 3.8) is 0 Å². The van der Waals surface area contributed by atoms with E-state index in [1.165, 1.54) is 12.1 Å². The molecule has 1 aromatic carbocycles. The van der Waals surface area contributed by atoms with E-state index in [4.69, 9.17) is 5.73 Å². The molecule has 0 unspecified atom stereocenters. The Labute approximate surface area is 132 Å². The lowest BCUT2D eigenvalue weighted by molar-refractivity contribution is 0.628. The van der Waals surface area contributed by atoms with Crippen molar-refractivity contribution >= 4 is 22.9 Å². The molecule has 6 nitrogen and oxygen atoms in total. The number of aromatic nitrogens is 4. The lowest BCUT2D eigenvalue weighted by Crippen LogP contribution is -2.20. The van der Waals surface area contributed by atoms with Gasteiger partial charge in [-0.05, 0) is 37.1 Å². The van der Waals surface area contributed by atoms with Crippen LogP contribution in [0, 0.1) is 5.82 Å². The second-order valence-corrected chi connectivity index (χ2v) is 5.53. The second-order valence-electron chi connectivity index (χ2n) is 5.53. The van der Waals surface area contributed by atoms with E-state index in [-0.39, 0.29) is 11.8 Å². The maximum Gasteiger partial charge on any atom is 0.224 e. The molecule has 3 heterocycles. The van der Waals surface area contributed by atoms with E-state index >= 15 is 0 Å². The first kappa shape index (κ1) is 13.8. The van der Waals surface area contributed by atoms with Crippen LogP contribution in [0.2, 0.25) is 0 Å². The molecule has 4 rings (SSSR count). The van der Waals surface area contributed by atoms with Crippen LogP contribution in [0.4, 0.5) is 16.2 Å². The lowest BCUT2D eigenvalue weighted by atomic mass is 10.1. The van der Waals surface area contributed by atoms with E-state index in [0.717, 1.165) is 37.3 Å². The number of hydrogen-bond donors (Lipinski definition) is 1. The maximum absolute atomic E-state index is 13.1. The summed E-state index contributed by atoms with van der Waals surface area (Å²) in [6, 6.07) is 6.17. The van der Waals surface area contributed by atoms with Crippen LogP contribution < -0.4 is 10.6 Å². The molecule has 0 bridgehead atoms. The molecule has 0 saturated carbocycles. The van der Waals surface area contributed by atoms with Gasteiger partial charge in [0.2, 0.25) is 5.95 Å². The summed E-state index contributed by atoms with van der Waals surface area (Å²) in [5.41, 5.74) is 8.36. The minimum Gasteiger partial charge on any atom is -0.368 e. The molecule has 116 valence electrons. The smallest absolute Gasteiger partial charge is 0.224 e. The summed E-state index contributed by atoms with van der Waals surface area (Å²) in [6.45, 7) is 1.85. The molecule has 2 aromatic heterocycles. The molecule has 0 spiro atoms. The molecule has 0 aliphatic carbocycles. The SMILES string of the molecule is Nc1nc(N2CCCC2)c2nc(-c3ccc(F)cc3)cnc2n1. The van der Waals surface area contributed by atoms with Crippen LogP contribution in [-0.4, -0.2) is 33.0 Å². The zero-order valence-electron chi connectivity index (χ0n) is 12.4. The molecular weight excluding hydrogens is 295 g/mol. The van der Waals surface area contributed by atoms with Gasteiger partial charge in [0.05, 0.1) is 11.9 Å². The summed E-state index contributed by atoms with van der Waals surface area (Å²) < 4.78 is 13.1. The first-order chi connectivity index (χ1) is 11.2. The van der Waals surface area contributed by atoms with Gasteiger partial charge in [0.25, 0.3) is 0 Å². The van der Waals surface area contributed by atoms with Crippen LogP contribution in [0.15, 0.2) is 30.5 Å². The summed E-state index contributed by atoms with van der Waals surface area (Å²) in [7, 11) is 0. The van der Waals surface area contributed by atoms with Crippen LogP contribution in [0.3, 0.4) is 0 Å². The Hall–Kier alpha value is -2.83. The van der Waals surface area contributed by atoms with Crippen molar-refractivity contribution in [3.05, 3.63) is 36.3 Å². The number of halogens is 1. The van der Waals surface area contributed by atoms with E-state index < -0.39 is 0 Å². The average molecular weight is 310 g/mol. The minimum atomic E-state index is -0.281. The number of anilines is 2. The van der Waals surface area contributed by atoms with Crippen molar-refractivity contribution in [1.29, 1.82) is 0 Å². The molecular formula is C16H15FN6. The summed E-state index contributed by atoms with van der Waals surface area (Å²) in [4.78, 5) is 19.7. The van der Waals surface area contributed by atoms with Gasteiger partial charge >= 0.3 is 0 Å². The highest BCUT2D eigenvalue weighted by atomic mass is 19.1. The molecule has 3 aromatic rings. The largest absolute Gasteiger partial charge is 0.368 e. The molecule has 2 N–H and O–H groups in total. The van der Waals surface area contributed by atoms with Crippen LogP contribution in [0.25, 0.3) is 22.4 Å². The molecule has 0 radical (unpaired) electrons. The Morgan fingerprint density at radius 1 is 1.00 bits per heavy atom. The van der Waals surface area contributed by atoms with Crippen molar-refractivity contribution in [1.82, 2.24) is 19.9 Å². The molecule has 0 atom stereocenters. The Balaban J connectivity index is 1.87. The van der Waals surface area contributed by atoms with Gasteiger partial charge in [0, 0.05) is 18.7 Å².